The second-order valence-electron chi connectivity index (χ2n) is 4.30. The lowest BCUT2D eigenvalue weighted by Crippen LogP contribution is -2.42. The van der Waals surface area contributed by atoms with Crippen molar-refractivity contribution in [2.75, 3.05) is 26.2 Å². The van der Waals surface area contributed by atoms with Crippen molar-refractivity contribution >= 4 is 0 Å². The number of rotatable bonds is 6. The van der Waals surface area contributed by atoms with Gasteiger partial charge in [0.25, 0.3) is 0 Å². The van der Waals surface area contributed by atoms with E-state index in [2.05, 4.69) is 17.9 Å². The van der Waals surface area contributed by atoms with Crippen molar-refractivity contribution in [3.05, 3.63) is 0 Å². The summed E-state index contributed by atoms with van der Waals surface area (Å²) in [6.45, 7) is 5.51. The van der Waals surface area contributed by atoms with Crippen molar-refractivity contribution in [3.63, 3.8) is 0 Å². The molecule has 1 rings (SSSR count). The molecule has 1 aliphatic heterocycles. The second-order valence-corrected chi connectivity index (χ2v) is 4.30. The lowest BCUT2D eigenvalue weighted by molar-refractivity contribution is 0.00231. The van der Waals surface area contributed by atoms with Gasteiger partial charge in [-0.15, -0.1) is 0 Å². The number of nitrogens with two attached hydrogens (primary N) is 1. The zero-order valence-electron chi connectivity index (χ0n) is 10.2. The van der Waals surface area contributed by atoms with Gasteiger partial charge in [-0.25, -0.2) is 0 Å². The van der Waals surface area contributed by atoms with Gasteiger partial charge in [0.2, 0.25) is 0 Å². The van der Waals surface area contributed by atoms with Gasteiger partial charge < -0.3 is 10.5 Å². The lowest BCUT2D eigenvalue weighted by Gasteiger charge is -2.34. The highest BCUT2D eigenvalue weighted by molar-refractivity contribution is 4.92. The van der Waals surface area contributed by atoms with Crippen molar-refractivity contribution in [1.82, 2.24) is 4.90 Å². The maximum atomic E-state index is 8.98. The summed E-state index contributed by atoms with van der Waals surface area (Å²) < 4.78 is 5.73. The fourth-order valence-corrected chi connectivity index (χ4v) is 2.12. The molecule has 1 aliphatic rings. The van der Waals surface area contributed by atoms with Crippen LogP contribution in [0, 0.1) is 11.3 Å². The van der Waals surface area contributed by atoms with Crippen molar-refractivity contribution in [3.8, 4) is 6.07 Å². The number of hydrogen-bond donors (Lipinski definition) is 1. The third-order valence-corrected chi connectivity index (χ3v) is 3.16. The molecule has 0 bridgehead atoms. The molecule has 1 saturated heterocycles. The minimum absolute atomic E-state index is 0.0880. The third-order valence-electron chi connectivity index (χ3n) is 3.16. The summed E-state index contributed by atoms with van der Waals surface area (Å²) >= 11 is 0. The summed E-state index contributed by atoms with van der Waals surface area (Å²) in [5.74, 6) is 0. The normalized spacial score (nSPS) is 20.6. The minimum Gasteiger partial charge on any atom is -0.378 e. The summed E-state index contributed by atoms with van der Waals surface area (Å²) in [5.41, 5.74) is 5.42. The molecule has 4 nitrogen and oxygen atoms in total. The van der Waals surface area contributed by atoms with Crippen LogP contribution in [0.3, 0.4) is 0 Å². The Balaban J connectivity index is 2.20. The van der Waals surface area contributed by atoms with E-state index in [-0.39, 0.29) is 6.04 Å². The molecule has 1 unspecified atom stereocenters. The topological polar surface area (TPSA) is 62.3 Å². The number of hydrogen-bond acceptors (Lipinski definition) is 4. The van der Waals surface area contributed by atoms with Crippen LogP contribution in [0.2, 0.25) is 0 Å². The highest BCUT2D eigenvalue weighted by Gasteiger charge is 2.23. The Morgan fingerprint density at radius 1 is 1.50 bits per heavy atom. The highest BCUT2D eigenvalue weighted by Crippen LogP contribution is 2.17. The van der Waals surface area contributed by atoms with E-state index in [0.717, 1.165) is 45.4 Å². The van der Waals surface area contributed by atoms with E-state index in [9.17, 15) is 0 Å². The van der Waals surface area contributed by atoms with Gasteiger partial charge in [0, 0.05) is 19.7 Å². The number of ether oxygens (including phenoxy) is 1. The molecule has 0 radical (unpaired) electrons. The van der Waals surface area contributed by atoms with Crippen LogP contribution in [-0.4, -0.2) is 43.3 Å². The van der Waals surface area contributed by atoms with Gasteiger partial charge in [-0.3, -0.25) is 4.90 Å². The molecular formula is C12H23N3O. The van der Waals surface area contributed by atoms with Gasteiger partial charge in [0.15, 0.2) is 0 Å². The van der Waals surface area contributed by atoms with Crippen LogP contribution < -0.4 is 5.73 Å². The smallest absolute Gasteiger partial charge is 0.0975 e. The zero-order valence-corrected chi connectivity index (χ0v) is 10.2. The van der Waals surface area contributed by atoms with Crippen molar-refractivity contribution in [1.29, 1.82) is 5.26 Å². The predicted octanol–water partition coefficient (Wildman–Crippen LogP) is 1.12. The molecule has 92 valence electrons. The molecule has 0 amide bonds. The molecule has 0 aromatic heterocycles. The summed E-state index contributed by atoms with van der Waals surface area (Å²) in [6, 6.07) is 2.45. The number of likely N-dealkylation sites (tertiary alicyclic amines) is 1. The van der Waals surface area contributed by atoms with E-state index in [1.54, 1.807) is 0 Å². The first kappa shape index (κ1) is 13.4. The third kappa shape index (κ3) is 4.09. The molecule has 4 heteroatoms. The van der Waals surface area contributed by atoms with Crippen molar-refractivity contribution < 1.29 is 4.74 Å². The Kier molecular flexibility index (Phi) is 6.39. The van der Waals surface area contributed by atoms with Crippen molar-refractivity contribution in [2.24, 2.45) is 5.73 Å². The van der Waals surface area contributed by atoms with Crippen LogP contribution in [0.1, 0.15) is 32.6 Å². The van der Waals surface area contributed by atoms with Gasteiger partial charge in [-0.05, 0) is 32.2 Å². The van der Waals surface area contributed by atoms with E-state index < -0.39 is 0 Å². The van der Waals surface area contributed by atoms with Crippen molar-refractivity contribution in [2.45, 2.75) is 44.8 Å². The molecule has 0 spiro atoms. The zero-order chi connectivity index (χ0) is 11.8. The molecule has 2 N–H and O–H groups in total. The largest absolute Gasteiger partial charge is 0.378 e. The fourth-order valence-electron chi connectivity index (χ4n) is 2.12. The summed E-state index contributed by atoms with van der Waals surface area (Å²) in [6.07, 6.45) is 4.32. The van der Waals surface area contributed by atoms with E-state index in [0.29, 0.717) is 12.6 Å². The molecule has 0 aromatic rings. The standard InChI is InChI=1S/C12H23N3O/c1-2-11(10-14)15-7-4-12(5-8-15)16-9-3-6-13/h11-12H,2-9,13H2,1H3. The number of nitriles is 1. The summed E-state index contributed by atoms with van der Waals surface area (Å²) in [4.78, 5) is 2.27. The average Bonchev–Trinajstić information content (AvgIpc) is 2.33. The van der Waals surface area contributed by atoms with E-state index >= 15 is 0 Å². The van der Waals surface area contributed by atoms with Gasteiger partial charge in [0.05, 0.1) is 18.2 Å². The predicted molar refractivity (Wildman–Crippen MR) is 63.9 cm³/mol. The Morgan fingerprint density at radius 3 is 2.69 bits per heavy atom. The molecule has 0 aromatic carbocycles. The molecular weight excluding hydrogens is 202 g/mol. The van der Waals surface area contributed by atoms with Gasteiger partial charge in [0.1, 0.15) is 0 Å². The first-order valence-corrected chi connectivity index (χ1v) is 6.27. The Morgan fingerprint density at radius 2 is 2.19 bits per heavy atom. The van der Waals surface area contributed by atoms with E-state index in [1.807, 2.05) is 0 Å². The SMILES string of the molecule is CCC(C#N)N1CCC(OCCCN)CC1. The molecule has 0 aliphatic carbocycles. The van der Waals surface area contributed by atoms with Gasteiger partial charge >= 0.3 is 0 Å². The van der Waals surface area contributed by atoms with Crippen LogP contribution in [0.15, 0.2) is 0 Å². The average molecular weight is 225 g/mol. The Bertz CT molecular complexity index is 219. The van der Waals surface area contributed by atoms with Crippen LogP contribution in [0.4, 0.5) is 0 Å². The highest BCUT2D eigenvalue weighted by atomic mass is 16.5. The van der Waals surface area contributed by atoms with E-state index in [1.165, 1.54) is 0 Å². The van der Waals surface area contributed by atoms with Crippen LogP contribution in [0.5, 0.6) is 0 Å². The molecule has 1 fully saturated rings. The monoisotopic (exact) mass is 225 g/mol. The summed E-state index contributed by atoms with van der Waals surface area (Å²) in [5, 5.41) is 8.98. The van der Waals surface area contributed by atoms with Gasteiger partial charge in [-0.2, -0.15) is 5.26 Å². The number of nitrogens with zero attached hydrogens (tertiary/aromatic N) is 2. The number of piperidine rings is 1. The lowest BCUT2D eigenvalue weighted by atomic mass is 10.0. The molecule has 1 atom stereocenters. The maximum Gasteiger partial charge on any atom is 0.0975 e. The first-order valence-electron chi connectivity index (χ1n) is 6.27. The van der Waals surface area contributed by atoms with Crippen LogP contribution >= 0.6 is 0 Å². The Labute approximate surface area is 98.4 Å². The quantitative estimate of drug-likeness (QED) is 0.688. The fraction of sp³-hybridized carbons (Fsp3) is 0.917. The summed E-state index contributed by atoms with van der Waals surface area (Å²) in [7, 11) is 0. The van der Waals surface area contributed by atoms with Crippen LogP contribution in [-0.2, 0) is 4.74 Å². The minimum atomic E-state index is 0.0880. The maximum absolute atomic E-state index is 8.98. The molecule has 1 heterocycles. The van der Waals surface area contributed by atoms with Gasteiger partial charge in [-0.1, -0.05) is 6.92 Å². The molecule has 16 heavy (non-hydrogen) atoms. The van der Waals surface area contributed by atoms with E-state index in [4.69, 9.17) is 15.7 Å². The first-order chi connectivity index (χ1) is 7.81. The molecule has 0 saturated carbocycles. The second kappa shape index (κ2) is 7.61. The van der Waals surface area contributed by atoms with Crippen LogP contribution in [0.25, 0.3) is 0 Å². The Hall–Kier alpha value is -0.630.